The number of hydrogen-bond acceptors (Lipinski definition) is 3. The summed E-state index contributed by atoms with van der Waals surface area (Å²) in [6.45, 7) is 6.78. The molecule has 4 heteroatoms. The zero-order valence-electron chi connectivity index (χ0n) is 13.0. The molecule has 0 aliphatic carbocycles. The van der Waals surface area contributed by atoms with Crippen molar-refractivity contribution in [3.8, 4) is 0 Å². The first kappa shape index (κ1) is 16.5. The Morgan fingerprint density at radius 1 is 1.30 bits per heavy atom. The van der Waals surface area contributed by atoms with Gasteiger partial charge in [0.2, 0.25) is 5.91 Å². The van der Waals surface area contributed by atoms with Gasteiger partial charge in [-0.15, -0.1) is 0 Å². The number of nitrogens with two attached hydrogens (primary N) is 1. The average molecular weight is 277 g/mol. The number of anilines is 1. The smallest absolute Gasteiger partial charge is 0.237 e. The van der Waals surface area contributed by atoms with Crippen LogP contribution in [0.1, 0.15) is 39.2 Å². The molecule has 0 radical (unpaired) electrons. The molecule has 0 heterocycles. The first-order chi connectivity index (χ1) is 9.49. The molecule has 1 atom stereocenters. The topological polar surface area (TPSA) is 58.4 Å². The molecule has 0 fully saturated rings. The number of nitrogens with one attached hydrogen (secondary N) is 1. The molecule has 0 bridgehead atoms. The van der Waals surface area contributed by atoms with E-state index in [9.17, 15) is 4.79 Å². The van der Waals surface area contributed by atoms with Crippen LogP contribution in [0, 0.1) is 0 Å². The predicted octanol–water partition coefficient (Wildman–Crippen LogP) is 2.39. The third-order valence-electron chi connectivity index (χ3n) is 3.85. The van der Waals surface area contributed by atoms with Crippen molar-refractivity contribution in [3.63, 3.8) is 0 Å². The van der Waals surface area contributed by atoms with Crippen molar-refractivity contribution in [3.05, 3.63) is 29.8 Å². The van der Waals surface area contributed by atoms with Crippen LogP contribution in [0.5, 0.6) is 0 Å². The van der Waals surface area contributed by atoms with Gasteiger partial charge < -0.3 is 11.1 Å². The summed E-state index contributed by atoms with van der Waals surface area (Å²) in [6, 6.07) is 7.86. The van der Waals surface area contributed by atoms with Crippen LogP contribution in [0.4, 0.5) is 5.69 Å². The summed E-state index contributed by atoms with van der Waals surface area (Å²) in [5, 5.41) is 3.09. The summed E-state index contributed by atoms with van der Waals surface area (Å²) in [4.78, 5) is 14.2. The minimum atomic E-state index is -0.171. The minimum Gasteiger partial charge on any atom is -0.398 e. The fraction of sp³-hybridized carbons (Fsp3) is 0.562. The number of nitrogen functional groups attached to an aromatic ring is 1. The quantitative estimate of drug-likeness (QED) is 0.752. The molecule has 1 unspecified atom stereocenters. The van der Waals surface area contributed by atoms with Gasteiger partial charge in [0.05, 0.1) is 6.04 Å². The van der Waals surface area contributed by atoms with Gasteiger partial charge in [-0.1, -0.05) is 32.0 Å². The Balaban J connectivity index is 2.60. The van der Waals surface area contributed by atoms with Crippen molar-refractivity contribution >= 4 is 11.6 Å². The first-order valence-electron chi connectivity index (χ1n) is 7.33. The van der Waals surface area contributed by atoms with E-state index in [-0.39, 0.29) is 18.0 Å². The number of hydrogen-bond donors (Lipinski definition) is 2. The number of carbonyl (C=O) groups is 1. The van der Waals surface area contributed by atoms with Crippen LogP contribution in [0.25, 0.3) is 0 Å². The van der Waals surface area contributed by atoms with Crippen molar-refractivity contribution in [1.82, 2.24) is 10.2 Å². The molecular weight excluding hydrogens is 250 g/mol. The van der Waals surface area contributed by atoms with Crippen LogP contribution in [0.3, 0.4) is 0 Å². The number of likely N-dealkylation sites (N-methyl/N-ethyl adjacent to an activating group) is 1. The number of amides is 1. The van der Waals surface area contributed by atoms with Crippen LogP contribution in [0.2, 0.25) is 0 Å². The van der Waals surface area contributed by atoms with E-state index in [2.05, 4.69) is 19.2 Å². The van der Waals surface area contributed by atoms with Crippen molar-refractivity contribution in [2.75, 3.05) is 12.8 Å². The number of benzene rings is 1. The van der Waals surface area contributed by atoms with E-state index < -0.39 is 0 Å². The molecule has 1 amide bonds. The van der Waals surface area contributed by atoms with E-state index in [0.29, 0.717) is 6.54 Å². The summed E-state index contributed by atoms with van der Waals surface area (Å²) in [6.07, 6.45) is 1.93. The van der Waals surface area contributed by atoms with Crippen molar-refractivity contribution in [1.29, 1.82) is 0 Å². The highest BCUT2D eigenvalue weighted by molar-refractivity contribution is 5.81. The fourth-order valence-corrected chi connectivity index (χ4v) is 2.10. The highest BCUT2D eigenvalue weighted by Crippen LogP contribution is 2.14. The zero-order chi connectivity index (χ0) is 15.1. The summed E-state index contributed by atoms with van der Waals surface area (Å²) < 4.78 is 0. The lowest BCUT2D eigenvalue weighted by Crippen LogP contribution is -2.46. The molecule has 0 aromatic heterocycles. The second kappa shape index (κ2) is 7.90. The number of nitrogens with zero attached hydrogens (tertiary/aromatic N) is 1. The second-order valence-corrected chi connectivity index (χ2v) is 5.31. The van der Waals surface area contributed by atoms with Gasteiger partial charge >= 0.3 is 0 Å². The van der Waals surface area contributed by atoms with Crippen LogP contribution in [0.15, 0.2) is 24.3 Å². The third-order valence-corrected chi connectivity index (χ3v) is 3.85. The maximum atomic E-state index is 12.2. The van der Waals surface area contributed by atoms with Crippen LogP contribution in [-0.4, -0.2) is 29.9 Å². The maximum absolute atomic E-state index is 12.2. The molecule has 1 rings (SSSR count). The minimum absolute atomic E-state index is 0.0794. The molecule has 1 aromatic rings. The molecule has 1 aromatic carbocycles. The van der Waals surface area contributed by atoms with E-state index in [1.165, 1.54) is 0 Å². The lowest BCUT2D eigenvalue weighted by Gasteiger charge is -2.26. The van der Waals surface area contributed by atoms with Gasteiger partial charge in [0.25, 0.3) is 0 Å². The fourth-order valence-electron chi connectivity index (χ4n) is 2.10. The number of rotatable bonds is 7. The van der Waals surface area contributed by atoms with Gasteiger partial charge in [0.1, 0.15) is 0 Å². The highest BCUT2D eigenvalue weighted by Gasteiger charge is 2.20. The monoisotopic (exact) mass is 277 g/mol. The van der Waals surface area contributed by atoms with Gasteiger partial charge in [0, 0.05) is 18.3 Å². The van der Waals surface area contributed by atoms with E-state index in [1.807, 2.05) is 43.1 Å². The Hall–Kier alpha value is -1.55. The van der Waals surface area contributed by atoms with E-state index in [4.69, 9.17) is 5.73 Å². The Kier molecular flexibility index (Phi) is 6.52. The zero-order valence-corrected chi connectivity index (χ0v) is 13.0. The van der Waals surface area contributed by atoms with E-state index in [0.717, 1.165) is 24.1 Å². The van der Waals surface area contributed by atoms with Gasteiger partial charge in [-0.25, -0.2) is 0 Å². The second-order valence-electron chi connectivity index (χ2n) is 5.31. The Bertz CT molecular complexity index is 429. The van der Waals surface area contributed by atoms with Crippen molar-refractivity contribution in [2.45, 2.75) is 52.2 Å². The third kappa shape index (κ3) is 4.53. The normalized spacial score (nSPS) is 12.7. The SMILES string of the molecule is CCC(CC)NC(=O)C(C)N(C)Cc1ccccc1N. The summed E-state index contributed by atoms with van der Waals surface area (Å²) in [7, 11) is 1.95. The maximum Gasteiger partial charge on any atom is 0.237 e. The van der Waals surface area contributed by atoms with E-state index >= 15 is 0 Å². The molecule has 0 spiro atoms. The molecule has 4 nitrogen and oxygen atoms in total. The van der Waals surface area contributed by atoms with Crippen molar-refractivity contribution < 1.29 is 4.79 Å². The lowest BCUT2D eigenvalue weighted by atomic mass is 10.1. The summed E-state index contributed by atoms with van der Waals surface area (Å²) in [5.41, 5.74) is 7.76. The molecule has 3 N–H and O–H groups in total. The summed E-state index contributed by atoms with van der Waals surface area (Å²) >= 11 is 0. The Morgan fingerprint density at radius 2 is 1.90 bits per heavy atom. The van der Waals surface area contributed by atoms with Gasteiger partial charge in [-0.2, -0.15) is 0 Å². The Morgan fingerprint density at radius 3 is 2.45 bits per heavy atom. The molecule has 112 valence electrons. The van der Waals surface area contributed by atoms with Gasteiger partial charge in [-0.3, -0.25) is 9.69 Å². The lowest BCUT2D eigenvalue weighted by molar-refractivity contribution is -0.126. The molecule has 0 saturated carbocycles. The van der Waals surface area contributed by atoms with Crippen LogP contribution < -0.4 is 11.1 Å². The molecule has 0 aliphatic heterocycles. The highest BCUT2D eigenvalue weighted by atomic mass is 16.2. The van der Waals surface area contributed by atoms with Crippen LogP contribution >= 0.6 is 0 Å². The van der Waals surface area contributed by atoms with Gasteiger partial charge in [0.15, 0.2) is 0 Å². The van der Waals surface area contributed by atoms with E-state index in [1.54, 1.807) is 0 Å². The molecular formula is C16H27N3O. The molecule has 0 aliphatic rings. The number of para-hydroxylation sites is 1. The first-order valence-corrected chi connectivity index (χ1v) is 7.33. The van der Waals surface area contributed by atoms with Gasteiger partial charge in [-0.05, 0) is 38.4 Å². The number of carbonyl (C=O) groups excluding carboxylic acids is 1. The van der Waals surface area contributed by atoms with Crippen molar-refractivity contribution in [2.24, 2.45) is 0 Å². The largest absolute Gasteiger partial charge is 0.398 e. The summed E-state index contributed by atoms with van der Waals surface area (Å²) in [5.74, 6) is 0.0794. The Labute approximate surface area is 122 Å². The molecule has 0 saturated heterocycles. The van der Waals surface area contributed by atoms with Crippen LogP contribution in [-0.2, 0) is 11.3 Å². The predicted molar refractivity (Wildman–Crippen MR) is 84.3 cm³/mol. The standard InChI is InChI=1S/C16H27N3O/c1-5-14(6-2)18-16(20)12(3)19(4)11-13-9-7-8-10-15(13)17/h7-10,12,14H,5-6,11,17H2,1-4H3,(H,18,20). The molecule has 20 heavy (non-hydrogen) atoms. The average Bonchev–Trinajstić information content (AvgIpc) is 2.45.